The van der Waals surface area contributed by atoms with E-state index in [1.54, 1.807) is 0 Å². The summed E-state index contributed by atoms with van der Waals surface area (Å²) in [6, 6.07) is 10.2. The minimum Gasteiger partial charge on any atom is -0.374 e. The summed E-state index contributed by atoms with van der Waals surface area (Å²) in [4.78, 5) is 0. The minimum atomic E-state index is 0.268. The molecule has 0 amide bonds. The molecule has 2 unspecified atom stereocenters. The van der Waals surface area contributed by atoms with Gasteiger partial charge in [0.15, 0.2) is 0 Å². The average molecular weight is 204 g/mol. The first kappa shape index (κ1) is 10.4. The molecule has 0 N–H and O–H groups in total. The molecule has 0 saturated carbocycles. The van der Waals surface area contributed by atoms with Gasteiger partial charge in [-0.3, -0.25) is 0 Å². The van der Waals surface area contributed by atoms with Crippen LogP contribution in [0.4, 0.5) is 0 Å². The predicted molar refractivity (Wildman–Crippen MR) is 59.6 cm³/mol. The molecule has 1 aromatic carbocycles. The third-order valence-corrected chi connectivity index (χ3v) is 2.40. The van der Waals surface area contributed by atoms with Crippen LogP contribution in [0.5, 0.6) is 0 Å². The van der Waals surface area contributed by atoms with Crippen molar-refractivity contribution in [1.29, 1.82) is 0 Å². The second-order valence-electron chi connectivity index (χ2n) is 3.67. The van der Waals surface area contributed by atoms with Crippen molar-refractivity contribution in [3.05, 3.63) is 48.0 Å². The Balaban J connectivity index is 1.64. The van der Waals surface area contributed by atoms with Crippen molar-refractivity contribution in [2.24, 2.45) is 0 Å². The summed E-state index contributed by atoms with van der Waals surface area (Å²) >= 11 is 0. The number of hydrogen-bond acceptors (Lipinski definition) is 2. The van der Waals surface area contributed by atoms with E-state index in [-0.39, 0.29) is 12.2 Å². The number of epoxide rings is 1. The lowest BCUT2D eigenvalue weighted by Gasteiger charge is -2.01. The first-order valence-corrected chi connectivity index (χ1v) is 5.30. The lowest BCUT2D eigenvalue weighted by atomic mass is 10.2. The summed E-state index contributed by atoms with van der Waals surface area (Å²) in [5, 5.41) is 0. The van der Waals surface area contributed by atoms with Crippen LogP contribution < -0.4 is 0 Å². The zero-order valence-electron chi connectivity index (χ0n) is 8.93. The monoisotopic (exact) mass is 204 g/mol. The van der Waals surface area contributed by atoms with Crippen LogP contribution in [0, 0.1) is 0 Å². The highest BCUT2D eigenvalue weighted by molar-refractivity contribution is 5.13. The van der Waals surface area contributed by atoms with Crippen LogP contribution in [-0.2, 0) is 16.1 Å². The van der Waals surface area contributed by atoms with Crippen molar-refractivity contribution in [3.63, 3.8) is 0 Å². The Bertz CT molecular complexity index is 319. The zero-order chi connectivity index (χ0) is 10.5. The number of allylic oxidation sites excluding steroid dienone is 1. The van der Waals surface area contributed by atoms with Gasteiger partial charge < -0.3 is 9.47 Å². The SMILES string of the molecule is C/C=C/C1OC1COCc1ccccc1. The molecule has 1 aromatic rings. The third-order valence-electron chi connectivity index (χ3n) is 2.40. The molecule has 0 aliphatic carbocycles. The fraction of sp³-hybridized carbons (Fsp3) is 0.385. The molecule has 1 heterocycles. The first-order valence-electron chi connectivity index (χ1n) is 5.30. The van der Waals surface area contributed by atoms with Gasteiger partial charge in [-0.25, -0.2) is 0 Å². The highest BCUT2D eigenvalue weighted by Crippen LogP contribution is 2.23. The van der Waals surface area contributed by atoms with Crippen LogP contribution in [0.3, 0.4) is 0 Å². The highest BCUT2D eigenvalue weighted by Gasteiger charge is 2.36. The maximum atomic E-state index is 5.56. The van der Waals surface area contributed by atoms with Gasteiger partial charge in [0.1, 0.15) is 12.2 Å². The molecule has 1 aliphatic heterocycles. The van der Waals surface area contributed by atoms with Crippen LogP contribution in [0.15, 0.2) is 42.5 Å². The number of hydrogen-bond donors (Lipinski definition) is 0. The minimum absolute atomic E-state index is 0.268. The van der Waals surface area contributed by atoms with Gasteiger partial charge >= 0.3 is 0 Å². The van der Waals surface area contributed by atoms with Crippen molar-refractivity contribution in [2.75, 3.05) is 6.61 Å². The molecule has 0 spiro atoms. The van der Waals surface area contributed by atoms with Crippen molar-refractivity contribution >= 4 is 0 Å². The summed E-state index contributed by atoms with van der Waals surface area (Å²) in [5.41, 5.74) is 1.21. The molecule has 1 aliphatic rings. The molecular formula is C13H16O2. The Morgan fingerprint density at radius 1 is 1.33 bits per heavy atom. The van der Waals surface area contributed by atoms with E-state index >= 15 is 0 Å². The standard InChI is InChI=1S/C13H16O2/c1-2-6-12-13(15-12)10-14-9-11-7-4-3-5-8-11/h2-8,12-13H,9-10H2,1H3/b6-2+. The van der Waals surface area contributed by atoms with Crippen molar-refractivity contribution < 1.29 is 9.47 Å². The molecule has 0 aromatic heterocycles. The van der Waals surface area contributed by atoms with Crippen molar-refractivity contribution in [2.45, 2.75) is 25.7 Å². The molecule has 1 saturated heterocycles. The van der Waals surface area contributed by atoms with Crippen LogP contribution in [0.1, 0.15) is 12.5 Å². The van der Waals surface area contributed by atoms with E-state index in [0.29, 0.717) is 13.2 Å². The molecular weight excluding hydrogens is 188 g/mol. The summed E-state index contributed by atoms with van der Waals surface area (Å²) < 4.78 is 10.9. The van der Waals surface area contributed by atoms with Gasteiger partial charge in [-0.1, -0.05) is 42.5 Å². The molecule has 2 atom stereocenters. The van der Waals surface area contributed by atoms with Gasteiger partial charge in [-0.15, -0.1) is 0 Å². The topological polar surface area (TPSA) is 21.8 Å². The molecule has 2 heteroatoms. The Hall–Kier alpha value is -1.12. The van der Waals surface area contributed by atoms with E-state index in [4.69, 9.17) is 9.47 Å². The molecule has 2 nitrogen and oxygen atoms in total. The van der Waals surface area contributed by atoms with Crippen molar-refractivity contribution in [3.8, 4) is 0 Å². The van der Waals surface area contributed by atoms with E-state index in [1.165, 1.54) is 5.56 Å². The van der Waals surface area contributed by atoms with E-state index in [9.17, 15) is 0 Å². The smallest absolute Gasteiger partial charge is 0.111 e. The van der Waals surface area contributed by atoms with Gasteiger partial charge in [-0.05, 0) is 12.5 Å². The van der Waals surface area contributed by atoms with Gasteiger partial charge in [0.05, 0.1) is 13.2 Å². The van der Waals surface area contributed by atoms with Crippen molar-refractivity contribution in [1.82, 2.24) is 0 Å². The van der Waals surface area contributed by atoms with Gasteiger partial charge in [0.2, 0.25) is 0 Å². The first-order chi connectivity index (χ1) is 7.40. The number of benzene rings is 1. The second-order valence-corrected chi connectivity index (χ2v) is 3.67. The van der Waals surface area contributed by atoms with Gasteiger partial charge in [0.25, 0.3) is 0 Å². The second kappa shape index (κ2) is 5.10. The normalized spacial score (nSPS) is 24.6. The average Bonchev–Trinajstić information content (AvgIpc) is 2.99. The van der Waals surface area contributed by atoms with Gasteiger partial charge in [0, 0.05) is 0 Å². The molecule has 80 valence electrons. The molecule has 1 fully saturated rings. The third kappa shape index (κ3) is 3.18. The Morgan fingerprint density at radius 3 is 2.87 bits per heavy atom. The zero-order valence-corrected chi connectivity index (χ0v) is 8.93. The fourth-order valence-corrected chi connectivity index (χ4v) is 1.52. The fourth-order valence-electron chi connectivity index (χ4n) is 1.52. The summed E-state index contributed by atoms with van der Waals surface area (Å²) in [7, 11) is 0. The Labute approximate surface area is 90.5 Å². The summed E-state index contributed by atoms with van der Waals surface area (Å²) in [5.74, 6) is 0. The Morgan fingerprint density at radius 2 is 2.13 bits per heavy atom. The maximum Gasteiger partial charge on any atom is 0.111 e. The molecule has 15 heavy (non-hydrogen) atoms. The van der Waals surface area contributed by atoms with Crippen LogP contribution in [-0.4, -0.2) is 18.8 Å². The summed E-state index contributed by atoms with van der Waals surface area (Å²) in [6.07, 6.45) is 4.63. The molecule has 0 radical (unpaired) electrons. The quantitative estimate of drug-likeness (QED) is 0.543. The number of ether oxygens (including phenoxy) is 2. The van der Waals surface area contributed by atoms with Crippen LogP contribution in [0.2, 0.25) is 0 Å². The predicted octanol–water partition coefficient (Wildman–Crippen LogP) is 2.55. The van der Waals surface area contributed by atoms with Gasteiger partial charge in [-0.2, -0.15) is 0 Å². The van der Waals surface area contributed by atoms with E-state index in [0.717, 1.165) is 0 Å². The number of rotatable bonds is 5. The maximum absolute atomic E-state index is 5.56. The van der Waals surface area contributed by atoms with E-state index in [2.05, 4.69) is 18.2 Å². The summed E-state index contributed by atoms with van der Waals surface area (Å²) in [6.45, 7) is 3.36. The lowest BCUT2D eigenvalue weighted by Crippen LogP contribution is -2.03. The highest BCUT2D eigenvalue weighted by atomic mass is 16.6. The molecule has 2 rings (SSSR count). The lowest BCUT2D eigenvalue weighted by molar-refractivity contribution is 0.104. The van der Waals surface area contributed by atoms with Crippen LogP contribution >= 0.6 is 0 Å². The van der Waals surface area contributed by atoms with E-state index in [1.807, 2.05) is 31.2 Å². The molecule has 0 bridgehead atoms. The van der Waals surface area contributed by atoms with E-state index < -0.39 is 0 Å². The Kier molecular flexibility index (Phi) is 3.54. The largest absolute Gasteiger partial charge is 0.374 e. The van der Waals surface area contributed by atoms with Crippen LogP contribution in [0.25, 0.3) is 0 Å².